The van der Waals surface area contributed by atoms with Crippen molar-refractivity contribution in [2.24, 2.45) is 5.73 Å². The van der Waals surface area contributed by atoms with E-state index in [-0.39, 0.29) is 6.04 Å². The molecule has 2 N–H and O–H groups in total. The first-order valence-electron chi connectivity index (χ1n) is 7.27. The summed E-state index contributed by atoms with van der Waals surface area (Å²) < 4.78 is 24.5. The molecule has 1 unspecified atom stereocenters. The standard InChI is InChI=1S/C15H25N3O2S/c1-12-4-5-14(10-13(12)2)15(16)11-17-6-8-18(9-7-17)21(3,19)20/h4-5,10,15H,6-9,11,16H2,1-3H3. The molecule has 118 valence electrons. The number of hydrogen-bond acceptors (Lipinski definition) is 4. The van der Waals surface area contributed by atoms with Gasteiger partial charge in [-0.25, -0.2) is 8.42 Å². The minimum absolute atomic E-state index is 0.0333. The molecule has 1 aromatic carbocycles. The van der Waals surface area contributed by atoms with Crippen molar-refractivity contribution in [3.05, 3.63) is 34.9 Å². The van der Waals surface area contributed by atoms with Crippen LogP contribution in [0.15, 0.2) is 18.2 Å². The lowest BCUT2D eigenvalue weighted by molar-refractivity contribution is 0.180. The van der Waals surface area contributed by atoms with Crippen LogP contribution in [0.5, 0.6) is 0 Å². The Labute approximate surface area is 127 Å². The van der Waals surface area contributed by atoms with Gasteiger partial charge in [0, 0.05) is 38.8 Å². The van der Waals surface area contributed by atoms with Crippen LogP contribution in [0, 0.1) is 13.8 Å². The predicted octanol–water partition coefficient (Wildman–Crippen LogP) is 0.880. The van der Waals surface area contributed by atoms with Crippen molar-refractivity contribution in [2.45, 2.75) is 19.9 Å². The highest BCUT2D eigenvalue weighted by Crippen LogP contribution is 2.17. The second kappa shape index (κ2) is 6.44. The van der Waals surface area contributed by atoms with Gasteiger partial charge in [0.1, 0.15) is 0 Å². The van der Waals surface area contributed by atoms with E-state index in [0.29, 0.717) is 13.1 Å². The molecular weight excluding hydrogens is 286 g/mol. The topological polar surface area (TPSA) is 66.6 Å². The van der Waals surface area contributed by atoms with Gasteiger partial charge in [-0.2, -0.15) is 4.31 Å². The zero-order chi connectivity index (χ0) is 15.6. The molecule has 1 heterocycles. The number of rotatable bonds is 4. The largest absolute Gasteiger partial charge is 0.323 e. The quantitative estimate of drug-likeness (QED) is 0.896. The fourth-order valence-corrected chi connectivity index (χ4v) is 3.45. The molecule has 1 aliphatic heterocycles. The van der Waals surface area contributed by atoms with E-state index in [4.69, 9.17) is 5.73 Å². The van der Waals surface area contributed by atoms with Gasteiger partial charge >= 0.3 is 0 Å². The Morgan fingerprint density at radius 2 is 1.76 bits per heavy atom. The Kier molecular flexibility index (Phi) is 5.03. The number of benzene rings is 1. The summed E-state index contributed by atoms with van der Waals surface area (Å²) in [5.74, 6) is 0. The minimum Gasteiger partial charge on any atom is -0.323 e. The maximum atomic E-state index is 11.5. The Bertz CT molecular complexity index is 593. The number of nitrogens with two attached hydrogens (primary N) is 1. The van der Waals surface area contributed by atoms with Crippen molar-refractivity contribution in [2.75, 3.05) is 39.0 Å². The molecule has 5 nitrogen and oxygen atoms in total. The Morgan fingerprint density at radius 1 is 1.14 bits per heavy atom. The normalized spacial score (nSPS) is 19.6. The van der Waals surface area contributed by atoms with Gasteiger partial charge in [0.25, 0.3) is 0 Å². The lowest BCUT2D eigenvalue weighted by Crippen LogP contribution is -2.49. The smallest absolute Gasteiger partial charge is 0.211 e. The van der Waals surface area contributed by atoms with E-state index in [1.807, 2.05) is 0 Å². The third-order valence-electron chi connectivity index (χ3n) is 4.21. The van der Waals surface area contributed by atoms with E-state index < -0.39 is 10.0 Å². The second-order valence-corrected chi connectivity index (χ2v) is 7.90. The van der Waals surface area contributed by atoms with Gasteiger partial charge in [0.2, 0.25) is 10.0 Å². The fourth-order valence-electron chi connectivity index (χ4n) is 2.62. The maximum Gasteiger partial charge on any atom is 0.211 e. The highest BCUT2D eigenvalue weighted by molar-refractivity contribution is 7.88. The second-order valence-electron chi connectivity index (χ2n) is 5.91. The highest BCUT2D eigenvalue weighted by Gasteiger charge is 2.24. The van der Waals surface area contributed by atoms with Crippen LogP contribution >= 0.6 is 0 Å². The van der Waals surface area contributed by atoms with Gasteiger partial charge in [0.15, 0.2) is 0 Å². The summed E-state index contributed by atoms with van der Waals surface area (Å²) >= 11 is 0. The van der Waals surface area contributed by atoms with Crippen molar-refractivity contribution in [3.8, 4) is 0 Å². The fraction of sp³-hybridized carbons (Fsp3) is 0.600. The van der Waals surface area contributed by atoms with Crippen LogP contribution in [0.2, 0.25) is 0 Å². The van der Waals surface area contributed by atoms with Crippen LogP contribution in [-0.4, -0.2) is 56.6 Å². The van der Waals surface area contributed by atoms with E-state index in [2.05, 4.69) is 36.9 Å². The summed E-state index contributed by atoms with van der Waals surface area (Å²) in [4.78, 5) is 2.24. The Balaban J connectivity index is 1.92. The third-order valence-corrected chi connectivity index (χ3v) is 5.52. The lowest BCUT2D eigenvalue weighted by Gasteiger charge is -2.34. The summed E-state index contributed by atoms with van der Waals surface area (Å²) in [5, 5.41) is 0. The summed E-state index contributed by atoms with van der Waals surface area (Å²) in [6.07, 6.45) is 1.27. The number of nitrogens with zero attached hydrogens (tertiary/aromatic N) is 2. The Morgan fingerprint density at radius 3 is 2.29 bits per heavy atom. The number of hydrogen-bond donors (Lipinski definition) is 1. The van der Waals surface area contributed by atoms with Crippen molar-refractivity contribution in [1.29, 1.82) is 0 Å². The van der Waals surface area contributed by atoms with Gasteiger partial charge in [-0.1, -0.05) is 18.2 Å². The molecular formula is C15H25N3O2S. The molecule has 1 aliphatic rings. The van der Waals surface area contributed by atoms with Crippen molar-refractivity contribution < 1.29 is 8.42 Å². The molecule has 0 radical (unpaired) electrons. The van der Waals surface area contributed by atoms with Crippen LogP contribution in [0.4, 0.5) is 0 Å². The average molecular weight is 311 g/mol. The molecule has 0 saturated carbocycles. The van der Waals surface area contributed by atoms with Crippen molar-refractivity contribution in [3.63, 3.8) is 0 Å². The number of piperazine rings is 1. The third kappa shape index (κ3) is 4.26. The van der Waals surface area contributed by atoms with Gasteiger partial charge in [-0.3, -0.25) is 4.90 Å². The van der Waals surface area contributed by atoms with Crippen molar-refractivity contribution in [1.82, 2.24) is 9.21 Å². The maximum absolute atomic E-state index is 11.5. The van der Waals surface area contributed by atoms with E-state index in [0.717, 1.165) is 25.2 Å². The molecule has 0 aliphatic carbocycles. The minimum atomic E-state index is -3.06. The average Bonchev–Trinajstić information content (AvgIpc) is 2.41. The highest BCUT2D eigenvalue weighted by atomic mass is 32.2. The number of aryl methyl sites for hydroxylation is 2. The molecule has 1 aromatic rings. The van der Waals surface area contributed by atoms with E-state index >= 15 is 0 Å². The first-order valence-corrected chi connectivity index (χ1v) is 9.12. The molecule has 0 amide bonds. The van der Waals surface area contributed by atoms with Gasteiger partial charge in [-0.15, -0.1) is 0 Å². The zero-order valence-corrected chi connectivity index (χ0v) is 13.9. The zero-order valence-electron chi connectivity index (χ0n) is 13.0. The molecule has 0 aromatic heterocycles. The van der Waals surface area contributed by atoms with Gasteiger partial charge in [0.05, 0.1) is 6.26 Å². The van der Waals surface area contributed by atoms with Gasteiger partial charge in [-0.05, 0) is 30.5 Å². The molecule has 6 heteroatoms. The molecule has 1 fully saturated rings. The SMILES string of the molecule is Cc1ccc(C(N)CN2CCN(S(C)(=O)=O)CC2)cc1C. The molecule has 21 heavy (non-hydrogen) atoms. The molecule has 1 saturated heterocycles. The van der Waals surface area contributed by atoms with Gasteiger partial charge < -0.3 is 5.73 Å². The van der Waals surface area contributed by atoms with E-state index in [1.165, 1.54) is 21.7 Å². The lowest BCUT2D eigenvalue weighted by atomic mass is 10.0. The molecule has 0 spiro atoms. The summed E-state index contributed by atoms with van der Waals surface area (Å²) in [6.45, 7) is 7.54. The summed E-state index contributed by atoms with van der Waals surface area (Å²) in [6, 6.07) is 6.30. The van der Waals surface area contributed by atoms with Crippen LogP contribution in [0.1, 0.15) is 22.7 Å². The van der Waals surface area contributed by atoms with E-state index in [9.17, 15) is 8.42 Å². The molecule has 0 bridgehead atoms. The van der Waals surface area contributed by atoms with Crippen LogP contribution in [0.25, 0.3) is 0 Å². The number of sulfonamides is 1. The Hall–Kier alpha value is -0.950. The summed E-state index contributed by atoms with van der Waals surface area (Å²) in [5.41, 5.74) is 9.96. The predicted molar refractivity (Wildman–Crippen MR) is 85.7 cm³/mol. The molecule has 1 atom stereocenters. The van der Waals surface area contributed by atoms with Crippen LogP contribution in [0.3, 0.4) is 0 Å². The monoisotopic (exact) mass is 311 g/mol. The van der Waals surface area contributed by atoms with Crippen LogP contribution < -0.4 is 5.73 Å². The van der Waals surface area contributed by atoms with Crippen molar-refractivity contribution >= 4 is 10.0 Å². The van der Waals surface area contributed by atoms with E-state index in [1.54, 1.807) is 0 Å². The first-order chi connectivity index (χ1) is 9.77. The molecule has 2 rings (SSSR count). The summed E-state index contributed by atoms with van der Waals surface area (Å²) in [7, 11) is -3.06. The first kappa shape index (κ1) is 16.4. The van der Waals surface area contributed by atoms with Crippen LogP contribution in [-0.2, 0) is 10.0 Å².